The number of aromatic nitrogens is 2. The summed E-state index contributed by atoms with van der Waals surface area (Å²) in [6, 6.07) is 0. The first kappa shape index (κ1) is 13.5. The van der Waals surface area contributed by atoms with Crippen LogP contribution in [0.4, 0.5) is 0 Å². The smallest absolute Gasteiger partial charge is 0.325 e. The fraction of sp³-hybridized carbons (Fsp3) is 0.700. The highest BCUT2D eigenvalue weighted by atomic mass is 35.5. The van der Waals surface area contributed by atoms with Gasteiger partial charge in [-0.2, -0.15) is 0 Å². The van der Waals surface area contributed by atoms with Crippen LogP contribution in [0.5, 0.6) is 5.88 Å². The molecule has 0 radical (unpaired) electrons. The van der Waals surface area contributed by atoms with Crippen molar-refractivity contribution in [1.29, 1.82) is 0 Å². The Morgan fingerprint density at radius 3 is 2.50 bits per heavy atom. The molecule has 0 saturated carbocycles. The van der Waals surface area contributed by atoms with Crippen LogP contribution < -0.4 is 5.69 Å². The van der Waals surface area contributed by atoms with Crippen molar-refractivity contribution in [3.8, 4) is 5.88 Å². The Balaban J connectivity index is 2.84. The van der Waals surface area contributed by atoms with Gasteiger partial charge < -0.3 is 10.1 Å². The van der Waals surface area contributed by atoms with E-state index in [4.69, 9.17) is 23.2 Å². The molecule has 0 aliphatic heterocycles. The van der Waals surface area contributed by atoms with Crippen LogP contribution in [0.25, 0.3) is 0 Å². The van der Waals surface area contributed by atoms with Crippen molar-refractivity contribution in [3.63, 3.8) is 0 Å². The summed E-state index contributed by atoms with van der Waals surface area (Å²) in [4.78, 5) is 15.9. The number of hydrogen-bond donors (Lipinski definition) is 3. The largest absolute Gasteiger partial charge is 0.493 e. The molecule has 0 saturated heterocycles. The van der Waals surface area contributed by atoms with Crippen LogP contribution in [-0.4, -0.2) is 26.3 Å². The van der Waals surface area contributed by atoms with Crippen LogP contribution in [0.2, 0.25) is 0 Å². The van der Waals surface area contributed by atoms with Crippen molar-refractivity contribution >= 4 is 23.2 Å². The van der Waals surface area contributed by atoms with Gasteiger partial charge in [-0.25, -0.2) is 4.79 Å². The minimum atomic E-state index is -0.413. The van der Waals surface area contributed by atoms with Crippen LogP contribution in [0, 0.1) is 0 Å². The van der Waals surface area contributed by atoms with Crippen molar-refractivity contribution in [2.75, 3.05) is 5.88 Å². The molecule has 1 unspecified atom stereocenters. The SMILES string of the molecule is CC(C)(CC(Cl)CCCl)c1[nH]c(=O)[nH]c1O. The standard InChI is InChI=1S/C10H16Cl2N2O2/c1-10(2,5-6(12)3-4-11)7-8(15)14-9(16)13-7/h6,15H,3-5H2,1-2H3,(H2,13,14,16). The molecule has 1 aromatic rings. The molecule has 1 heterocycles. The third-order valence-corrected chi connectivity index (χ3v) is 3.13. The number of hydrogen-bond acceptors (Lipinski definition) is 2. The Hall–Kier alpha value is -0.610. The Bertz CT molecular complexity index is 398. The number of H-pyrrole nitrogens is 2. The average Bonchev–Trinajstić information content (AvgIpc) is 2.45. The highest BCUT2D eigenvalue weighted by Crippen LogP contribution is 2.33. The van der Waals surface area contributed by atoms with E-state index >= 15 is 0 Å². The van der Waals surface area contributed by atoms with E-state index in [-0.39, 0.29) is 11.3 Å². The fourth-order valence-electron chi connectivity index (χ4n) is 1.74. The Kier molecular flexibility index (Phi) is 4.33. The zero-order chi connectivity index (χ0) is 12.3. The Morgan fingerprint density at radius 2 is 2.06 bits per heavy atom. The van der Waals surface area contributed by atoms with Gasteiger partial charge in [0, 0.05) is 16.7 Å². The van der Waals surface area contributed by atoms with Gasteiger partial charge in [0.2, 0.25) is 5.88 Å². The first-order valence-electron chi connectivity index (χ1n) is 5.08. The van der Waals surface area contributed by atoms with Crippen molar-refractivity contribution in [3.05, 3.63) is 16.2 Å². The van der Waals surface area contributed by atoms with Crippen molar-refractivity contribution in [2.24, 2.45) is 0 Å². The van der Waals surface area contributed by atoms with E-state index in [0.717, 1.165) is 0 Å². The molecule has 16 heavy (non-hydrogen) atoms. The molecule has 4 nitrogen and oxygen atoms in total. The number of imidazole rings is 1. The predicted octanol–water partition coefficient (Wildman–Crippen LogP) is 2.31. The van der Waals surface area contributed by atoms with Crippen LogP contribution in [0.1, 0.15) is 32.4 Å². The molecule has 0 fully saturated rings. The second-order valence-electron chi connectivity index (χ2n) is 4.47. The molecule has 3 N–H and O–H groups in total. The fourth-order valence-corrected chi connectivity index (χ4v) is 2.61. The molecular formula is C10H16Cl2N2O2. The zero-order valence-electron chi connectivity index (χ0n) is 9.31. The molecule has 0 amide bonds. The Morgan fingerprint density at radius 1 is 1.44 bits per heavy atom. The van der Waals surface area contributed by atoms with Crippen LogP contribution in [0.15, 0.2) is 4.79 Å². The number of halogens is 2. The first-order valence-corrected chi connectivity index (χ1v) is 6.05. The highest BCUT2D eigenvalue weighted by molar-refractivity contribution is 6.22. The number of aromatic amines is 2. The number of alkyl halides is 2. The Labute approximate surface area is 104 Å². The summed E-state index contributed by atoms with van der Waals surface area (Å²) in [6.07, 6.45) is 1.32. The molecule has 6 heteroatoms. The first-order chi connectivity index (χ1) is 7.36. The van der Waals surface area contributed by atoms with Gasteiger partial charge in [0.25, 0.3) is 0 Å². The lowest BCUT2D eigenvalue weighted by atomic mass is 9.84. The van der Waals surface area contributed by atoms with Gasteiger partial charge in [-0.05, 0) is 12.8 Å². The van der Waals surface area contributed by atoms with E-state index in [1.807, 2.05) is 13.8 Å². The molecule has 1 aromatic heterocycles. The number of aromatic hydroxyl groups is 1. The lowest BCUT2D eigenvalue weighted by Gasteiger charge is -2.25. The van der Waals surface area contributed by atoms with E-state index < -0.39 is 11.1 Å². The van der Waals surface area contributed by atoms with Gasteiger partial charge in [0.05, 0.1) is 5.69 Å². The van der Waals surface area contributed by atoms with Crippen LogP contribution in [0.3, 0.4) is 0 Å². The molecule has 0 aliphatic carbocycles. The van der Waals surface area contributed by atoms with Gasteiger partial charge in [-0.1, -0.05) is 13.8 Å². The van der Waals surface area contributed by atoms with Crippen molar-refractivity contribution in [2.45, 2.75) is 37.5 Å². The van der Waals surface area contributed by atoms with E-state index in [1.54, 1.807) is 0 Å². The van der Waals surface area contributed by atoms with E-state index in [9.17, 15) is 9.90 Å². The average molecular weight is 267 g/mol. The van der Waals surface area contributed by atoms with E-state index in [1.165, 1.54) is 0 Å². The zero-order valence-corrected chi connectivity index (χ0v) is 10.8. The van der Waals surface area contributed by atoms with E-state index in [0.29, 0.717) is 24.4 Å². The minimum Gasteiger partial charge on any atom is -0.493 e. The minimum absolute atomic E-state index is 0.0784. The van der Waals surface area contributed by atoms with Gasteiger partial charge in [-0.15, -0.1) is 23.2 Å². The second kappa shape index (κ2) is 5.15. The summed E-state index contributed by atoms with van der Waals surface area (Å²) in [5.41, 5.74) is -0.330. The topological polar surface area (TPSA) is 68.9 Å². The molecule has 0 spiro atoms. The van der Waals surface area contributed by atoms with Crippen molar-refractivity contribution < 1.29 is 5.11 Å². The molecule has 1 atom stereocenters. The summed E-state index contributed by atoms with van der Waals surface area (Å²) in [5.74, 6) is 0.379. The monoisotopic (exact) mass is 266 g/mol. The molecule has 0 bridgehead atoms. The van der Waals surface area contributed by atoms with Crippen LogP contribution in [-0.2, 0) is 5.41 Å². The third-order valence-electron chi connectivity index (χ3n) is 2.54. The highest BCUT2D eigenvalue weighted by Gasteiger charge is 2.29. The molecular weight excluding hydrogens is 251 g/mol. The molecule has 0 aliphatic rings. The third kappa shape index (κ3) is 3.19. The second-order valence-corrected chi connectivity index (χ2v) is 5.46. The lowest BCUT2D eigenvalue weighted by molar-refractivity contribution is 0.399. The van der Waals surface area contributed by atoms with E-state index in [2.05, 4.69) is 9.97 Å². The summed E-state index contributed by atoms with van der Waals surface area (Å²) in [6.45, 7) is 3.82. The summed E-state index contributed by atoms with van der Waals surface area (Å²) < 4.78 is 0. The molecule has 0 aromatic carbocycles. The van der Waals surface area contributed by atoms with Gasteiger partial charge in [-0.3, -0.25) is 4.98 Å². The molecule has 92 valence electrons. The van der Waals surface area contributed by atoms with Crippen LogP contribution >= 0.6 is 23.2 Å². The van der Waals surface area contributed by atoms with Gasteiger partial charge >= 0.3 is 5.69 Å². The molecule has 1 rings (SSSR count). The van der Waals surface area contributed by atoms with Gasteiger partial charge in [0.1, 0.15) is 0 Å². The van der Waals surface area contributed by atoms with Crippen molar-refractivity contribution in [1.82, 2.24) is 9.97 Å². The summed E-state index contributed by atoms with van der Waals surface area (Å²) in [7, 11) is 0. The number of nitrogens with one attached hydrogen (secondary N) is 2. The maximum atomic E-state index is 11.0. The maximum absolute atomic E-state index is 11.0. The summed E-state index contributed by atoms with van der Waals surface area (Å²) in [5, 5.41) is 9.48. The predicted molar refractivity (Wildman–Crippen MR) is 65.7 cm³/mol. The number of rotatable bonds is 5. The maximum Gasteiger partial charge on any atom is 0.325 e. The quantitative estimate of drug-likeness (QED) is 0.716. The van der Waals surface area contributed by atoms with Gasteiger partial charge in [0.15, 0.2) is 0 Å². The normalized spacial score (nSPS) is 14.0. The lowest BCUT2D eigenvalue weighted by Crippen LogP contribution is -2.23. The summed E-state index contributed by atoms with van der Waals surface area (Å²) >= 11 is 11.7.